The first-order chi connectivity index (χ1) is 11.8. The molecule has 0 amide bonds. The molecule has 0 radical (unpaired) electrons. The van der Waals surface area contributed by atoms with E-state index in [1.54, 1.807) is 6.07 Å². The molecule has 128 valence electrons. The number of hydrogen-bond acceptors (Lipinski definition) is 3. The first-order valence-electron chi connectivity index (χ1n) is 7.03. The molecule has 4 rings (SSSR count). The lowest BCUT2D eigenvalue weighted by Gasteiger charge is -2.10. The van der Waals surface area contributed by atoms with E-state index in [-0.39, 0.29) is 16.9 Å². The van der Waals surface area contributed by atoms with Crippen LogP contribution in [0, 0.1) is 0 Å². The van der Waals surface area contributed by atoms with Gasteiger partial charge in [-0.3, -0.25) is 9.67 Å². The summed E-state index contributed by atoms with van der Waals surface area (Å²) < 4.78 is 66.5. The van der Waals surface area contributed by atoms with Gasteiger partial charge in [-0.15, -0.1) is 0 Å². The highest BCUT2D eigenvalue weighted by Crippen LogP contribution is 2.32. The van der Waals surface area contributed by atoms with Crippen LogP contribution in [0.5, 0.6) is 0 Å². The number of fused-ring (bicyclic) bond motifs is 2. The van der Waals surface area contributed by atoms with Gasteiger partial charge in [0.15, 0.2) is 11.5 Å². The fraction of sp³-hybridized carbons (Fsp3) is 0.133. The summed E-state index contributed by atoms with van der Waals surface area (Å²) in [5.74, 6) is -0.676. The Labute approximate surface area is 136 Å². The number of nitrogens with one attached hydrogen (secondary N) is 1. The van der Waals surface area contributed by atoms with Crippen molar-refractivity contribution < 1.29 is 22.0 Å². The van der Waals surface area contributed by atoms with Crippen LogP contribution in [0.3, 0.4) is 0 Å². The second kappa shape index (κ2) is 5.23. The Bertz CT molecular complexity index is 1080. The van der Waals surface area contributed by atoms with E-state index < -0.39 is 24.1 Å². The van der Waals surface area contributed by atoms with Crippen LogP contribution in [0.1, 0.15) is 17.9 Å². The van der Waals surface area contributed by atoms with Crippen molar-refractivity contribution in [2.24, 2.45) is 0 Å². The van der Waals surface area contributed by atoms with Gasteiger partial charge < -0.3 is 0 Å². The lowest BCUT2D eigenvalue weighted by molar-refractivity contribution is -0.141. The SMILES string of the molecule is FC(F)c1nc2ccc(C(F)(F)F)nc2n1-c1ccc2[nH]ncc2c1. The Morgan fingerprint density at radius 2 is 1.84 bits per heavy atom. The summed E-state index contributed by atoms with van der Waals surface area (Å²) in [4.78, 5) is 7.25. The average molecular weight is 353 g/mol. The predicted octanol–water partition coefficient (Wildman–Crippen LogP) is 4.25. The molecular formula is C15H8F5N5. The van der Waals surface area contributed by atoms with Crippen LogP contribution in [-0.4, -0.2) is 24.7 Å². The molecule has 1 N–H and O–H groups in total. The van der Waals surface area contributed by atoms with Crippen LogP contribution in [0.25, 0.3) is 27.8 Å². The van der Waals surface area contributed by atoms with Gasteiger partial charge in [-0.25, -0.2) is 18.7 Å². The highest BCUT2D eigenvalue weighted by atomic mass is 19.4. The summed E-state index contributed by atoms with van der Waals surface area (Å²) in [5, 5.41) is 7.15. The van der Waals surface area contributed by atoms with E-state index in [0.717, 1.165) is 10.6 Å². The smallest absolute Gasteiger partial charge is 0.278 e. The molecule has 0 saturated heterocycles. The number of rotatable bonds is 2. The van der Waals surface area contributed by atoms with Gasteiger partial charge in [0.05, 0.1) is 11.7 Å². The molecule has 0 unspecified atom stereocenters. The summed E-state index contributed by atoms with van der Waals surface area (Å²) in [6, 6.07) is 6.34. The van der Waals surface area contributed by atoms with E-state index in [1.165, 1.54) is 18.3 Å². The standard InChI is InChI=1S/C15H8F5N5/c16-12(17)14-22-10-3-4-11(15(18,19)20)23-13(10)25(14)8-1-2-9-7(5-8)6-21-24-9/h1-6,12H,(H,21,24). The third-order valence-electron chi connectivity index (χ3n) is 3.70. The highest BCUT2D eigenvalue weighted by Gasteiger charge is 2.33. The van der Waals surface area contributed by atoms with Gasteiger partial charge in [0.1, 0.15) is 11.2 Å². The summed E-state index contributed by atoms with van der Waals surface area (Å²) in [7, 11) is 0. The second-order valence-corrected chi connectivity index (χ2v) is 5.28. The Balaban J connectivity index is 2.03. The summed E-state index contributed by atoms with van der Waals surface area (Å²) >= 11 is 0. The van der Waals surface area contributed by atoms with Crippen molar-refractivity contribution in [3.05, 3.63) is 48.0 Å². The maximum Gasteiger partial charge on any atom is 0.433 e. The van der Waals surface area contributed by atoms with E-state index in [4.69, 9.17) is 0 Å². The molecule has 0 atom stereocenters. The molecule has 0 aliphatic carbocycles. The number of aromatic nitrogens is 5. The zero-order chi connectivity index (χ0) is 17.8. The maximum atomic E-state index is 13.4. The van der Waals surface area contributed by atoms with Crippen molar-refractivity contribution in [1.29, 1.82) is 0 Å². The molecule has 1 aromatic carbocycles. The zero-order valence-corrected chi connectivity index (χ0v) is 12.2. The third kappa shape index (κ3) is 2.49. The first kappa shape index (κ1) is 15.5. The number of H-pyrrole nitrogens is 1. The van der Waals surface area contributed by atoms with Crippen molar-refractivity contribution in [2.75, 3.05) is 0 Å². The largest absolute Gasteiger partial charge is 0.433 e. The minimum atomic E-state index is -4.69. The van der Waals surface area contributed by atoms with Crippen molar-refractivity contribution >= 4 is 22.1 Å². The van der Waals surface area contributed by atoms with E-state index in [0.29, 0.717) is 17.0 Å². The molecule has 4 aromatic rings. The van der Waals surface area contributed by atoms with Crippen molar-refractivity contribution in [1.82, 2.24) is 24.7 Å². The van der Waals surface area contributed by atoms with Gasteiger partial charge in [0.2, 0.25) is 0 Å². The molecule has 0 bridgehead atoms. The molecule has 3 aromatic heterocycles. The lowest BCUT2D eigenvalue weighted by Crippen LogP contribution is -2.09. The first-order valence-corrected chi connectivity index (χ1v) is 7.03. The normalized spacial score (nSPS) is 12.6. The summed E-state index contributed by atoms with van der Waals surface area (Å²) in [6.07, 6.45) is -6.19. The minimum Gasteiger partial charge on any atom is -0.278 e. The van der Waals surface area contributed by atoms with Gasteiger partial charge in [-0.2, -0.15) is 18.3 Å². The third-order valence-corrected chi connectivity index (χ3v) is 3.70. The fourth-order valence-corrected chi connectivity index (χ4v) is 2.60. The second-order valence-electron chi connectivity index (χ2n) is 5.28. The number of imidazole rings is 1. The van der Waals surface area contributed by atoms with E-state index in [9.17, 15) is 22.0 Å². The zero-order valence-electron chi connectivity index (χ0n) is 12.2. The molecular weight excluding hydrogens is 345 g/mol. The number of benzene rings is 1. The maximum absolute atomic E-state index is 13.4. The van der Waals surface area contributed by atoms with Crippen LogP contribution in [-0.2, 0) is 6.18 Å². The molecule has 3 heterocycles. The minimum absolute atomic E-state index is 0.0457. The van der Waals surface area contributed by atoms with Gasteiger partial charge >= 0.3 is 6.18 Å². The summed E-state index contributed by atoms with van der Waals surface area (Å²) in [5.41, 5.74) is -0.621. The van der Waals surface area contributed by atoms with Crippen LogP contribution in [0.2, 0.25) is 0 Å². The molecule has 0 saturated carbocycles. The van der Waals surface area contributed by atoms with E-state index >= 15 is 0 Å². The van der Waals surface area contributed by atoms with Crippen molar-refractivity contribution in [3.63, 3.8) is 0 Å². The lowest BCUT2D eigenvalue weighted by atomic mass is 10.2. The molecule has 25 heavy (non-hydrogen) atoms. The Morgan fingerprint density at radius 1 is 1.04 bits per heavy atom. The van der Waals surface area contributed by atoms with Crippen LogP contribution in [0.15, 0.2) is 36.5 Å². The number of halogens is 5. The quantitative estimate of drug-likeness (QED) is 0.548. The van der Waals surface area contributed by atoms with Gasteiger partial charge in [-0.05, 0) is 30.3 Å². The van der Waals surface area contributed by atoms with Gasteiger partial charge in [0, 0.05) is 11.1 Å². The number of alkyl halides is 5. The fourth-order valence-electron chi connectivity index (χ4n) is 2.60. The molecule has 0 aliphatic rings. The van der Waals surface area contributed by atoms with Crippen molar-refractivity contribution in [3.8, 4) is 5.69 Å². The van der Waals surface area contributed by atoms with Gasteiger partial charge in [0.25, 0.3) is 6.43 Å². The van der Waals surface area contributed by atoms with Crippen LogP contribution in [0.4, 0.5) is 22.0 Å². The number of hydrogen-bond donors (Lipinski definition) is 1. The average Bonchev–Trinajstić information content (AvgIpc) is 3.16. The molecule has 0 spiro atoms. The van der Waals surface area contributed by atoms with E-state index in [2.05, 4.69) is 20.2 Å². The summed E-state index contributed by atoms with van der Waals surface area (Å²) in [6.45, 7) is 0. The molecule has 10 heteroatoms. The van der Waals surface area contributed by atoms with Gasteiger partial charge in [-0.1, -0.05) is 0 Å². The topological polar surface area (TPSA) is 59.4 Å². The highest BCUT2D eigenvalue weighted by molar-refractivity contribution is 5.82. The molecule has 0 aliphatic heterocycles. The Kier molecular flexibility index (Phi) is 3.24. The predicted molar refractivity (Wildman–Crippen MR) is 78.5 cm³/mol. The van der Waals surface area contributed by atoms with Crippen LogP contribution < -0.4 is 0 Å². The molecule has 5 nitrogen and oxygen atoms in total. The Morgan fingerprint density at radius 3 is 2.56 bits per heavy atom. The monoisotopic (exact) mass is 353 g/mol. The number of nitrogens with zero attached hydrogens (tertiary/aromatic N) is 4. The number of aromatic amines is 1. The van der Waals surface area contributed by atoms with Crippen LogP contribution >= 0.6 is 0 Å². The Hall–Kier alpha value is -3.04. The molecule has 0 fully saturated rings. The van der Waals surface area contributed by atoms with E-state index in [1.807, 2.05) is 0 Å². The number of pyridine rings is 1. The van der Waals surface area contributed by atoms with Crippen molar-refractivity contribution in [2.45, 2.75) is 12.6 Å².